The number of fused-ring (bicyclic) bond motifs is 1. The highest BCUT2D eigenvalue weighted by molar-refractivity contribution is 6.33. The summed E-state index contributed by atoms with van der Waals surface area (Å²) in [7, 11) is 1.43. The summed E-state index contributed by atoms with van der Waals surface area (Å²) in [6, 6.07) is 11.5. The van der Waals surface area contributed by atoms with Crippen molar-refractivity contribution in [1.29, 1.82) is 0 Å². The number of hydrogen-bond acceptors (Lipinski definition) is 4. The quantitative estimate of drug-likeness (QED) is 0.467. The van der Waals surface area contributed by atoms with Crippen molar-refractivity contribution >= 4 is 23.2 Å². The first-order valence-corrected chi connectivity index (χ1v) is 9.80. The molecule has 2 aromatic heterocycles. The molecule has 0 atom stereocenters. The van der Waals surface area contributed by atoms with E-state index in [2.05, 4.69) is 15.4 Å². The van der Waals surface area contributed by atoms with Gasteiger partial charge in [-0.15, -0.1) is 0 Å². The maximum atomic E-state index is 13.1. The van der Waals surface area contributed by atoms with E-state index in [0.717, 1.165) is 12.1 Å². The van der Waals surface area contributed by atoms with Crippen LogP contribution in [0.3, 0.4) is 0 Å². The van der Waals surface area contributed by atoms with Gasteiger partial charge in [-0.1, -0.05) is 41.9 Å². The standard InChI is InChI=1S/C22H16ClF3N4O2/c1-27-21(32)18-17(11-31)29-30-19(12-6-8-13(9-7-12)22(24,25)26)15(10-28-20(18)30)14-4-2-3-5-16(14)23/h2-10,31H,11H2,1H3,(H,27,32). The molecular formula is C22H16ClF3N4O2. The van der Waals surface area contributed by atoms with E-state index in [0.29, 0.717) is 27.4 Å². The van der Waals surface area contributed by atoms with Crippen molar-refractivity contribution in [2.75, 3.05) is 7.05 Å². The molecule has 4 rings (SSSR count). The van der Waals surface area contributed by atoms with Gasteiger partial charge in [0.2, 0.25) is 0 Å². The Balaban J connectivity index is 2.07. The SMILES string of the molecule is CNC(=O)c1c(CO)nn2c(-c3ccc(C(F)(F)F)cc3)c(-c3ccccc3Cl)cnc12. The second-order valence-corrected chi connectivity index (χ2v) is 7.28. The van der Waals surface area contributed by atoms with Crippen LogP contribution in [0, 0.1) is 0 Å². The number of aliphatic hydroxyl groups excluding tert-OH is 1. The summed E-state index contributed by atoms with van der Waals surface area (Å²) in [4.78, 5) is 16.8. The van der Waals surface area contributed by atoms with E-state index in [1.807, 2.05) is 0 Å². The van der Waals surface area contributed by atoms with E-state index >= 15 is 0 Å². The molecule has 0 spiro atoms. The molecule has 0 aliphatic rings. The molecule has 0 unspecified atom stereocenters. The minimum Gasteiger partial charge on any atom is -0.390 e. The highest BCUT2D eigenvalue weighted by Gasteiger charge is 2.30. The van der Waals surface area contributed by atoms with Gasteiger partial charge >= 0.3 is 6.18 Å². The predicted molar refractivity (Wildman–Crippen MR) is 113 cm³/mol. The number of rotatable bonds is 4. The van der Waals surface area contributed by atoms with Gasteiger partial charge < -0.3 is 10.4 Å². The molecule has 10 heteroatoms. The number of nitrogens with zero attached hydrogens (tertiary/aromatic N) is 3. The number of hydrogen-bond donors (Lipinski definition) is 2. The summed E-state index contributed by atoms with van der Waals surface area (Å²) in [5.41, 5.74) is 1.37. The number of alkyl halides is 3. The fourth-order valence-corrected chi connectivity index (χ4v) is 3.71. The Morgan fingerprint density at radius 3 is 2.41 bits per heavy atom. The zero-order valence-corrected chi connectivity index (χ0v) is 17.4. The Morgan fingerprint density at radius 1 is 1.12 bits per heavy atom. The average molecular weight is 461 g/mol. The van der Waals surface area contributed by atoms with Crippen LogP contribution < -0.4 is 5.32 Å². The predicted octanol–water partition coefficient (Wildman–Crippen LogP) is 4.59. The molecule has 2 N–H and O–H groups in total. The molecule has 32 heavy (non-hydrogen) atoms. The van der Waals surface area contributed by atoms with Gasteiger partial charge in [-0.3, -0.25) is 4.79 Å². The van der Waals surface area contributed by atoms with Gasteiger partial charge in [-0.05, 0) is 18.2 Å². The van der Waals surface area contributed by atoms with E-state index in [4.69, 9.17) is 11.6 Å². The van der Waals surface area contributed by atoms with Crippen LogP contribution in [0.25, 0.3) is 28.0 Å². The highest BCUT2D eigenvalue weighted by atomic mass is 35.5. The van der Waals surface area contributed by atoms with Crippen LogP contribution in [0.2, 0.25) is 5.02 Å². The Bertz CT molecular complexity index is 1320. The third kappa shape index (κ3) is 3.69. The van der Waals surface area contributed by atoms with Crippen molar-refractivity contribution in [3.05, 3.63) is 76.6 Å². The molecule has 0 radical (unpaired) electrons. The first kappa shape index (κ1) is 21.8. The third-order valence-corrected chi connectivity index (χ3v) is 5.30. The number of carbonyl (C=O) groups is 1. The summed E-state index contributed by atoms with van der Waals surface area (Å²) >= 11 is 6.38. The van der Waals surface area contributed by atoms with Gasteiger partial charge in [0.15, 0.2) is 5.65 Å². The molecule has 1 amide bonds. The van der Waals surface area contributed by atoms with Crippen molar-refractivity contribution in [1.82, 2.24) is 19.9 Å². The fraction of sp³-hybridized carbons (Fsp3) is 0.136. The topological polar surface area (TPSA) is 79.5 Å². The van der Waals surface area contributed by atoms with E-state index in [1.165, 1.54) is 29.9 Å². The van der Waals surface area contributed by atoms with Crippen LogP contribution in [0.1, 0.15) is 21.6 Å². The number of benzene rings is 2. The summed E-state index contributed by atoms with van der Waals surface area (Å²) in [6.45, 7) is -0.528. The number of nitrogens with one attached hydrogen (secondary N) is 1. The van der Waals surface area contributed by atoms with Crippen LogP contribution >= 0.6 is 11.6 Å². The zero-order valence-electron chi connectivity index (χ0n) is 16.6. The third-order valence-electron chi connectivity index (χ3n) is 4.97. The molecule has 0 aliphatic carbocycles. The van der Waals surface area contributed by atoms with Gasteiger partial charge in [-0.25, -0.2) is 9.50 Å². The minimum absolute atomic E-state index is 0.0777. The fourth-order valence-electron chi connectivity index (χ4n) is 3.47. The Hall–Kier alpha value is -3.43. The van der Waals surface area contributed by atoms with Crippen LogP contribution in [0.15, 0.2) is 54.7 Å². The van der Waals surface area contributed by atoms with Gasteiger partial charge in [0.25, 0.3) is 5.91 Å². The number of aromatic nitrogens is 3. The molecule has 2 aromatic carbocycles. The molecule has 164 valence electrons. The lowest BCUT2D eigenvalue weighted by atomic mass is 9.99. The van der Waals surface area contributed by atoms with Crippen LogP contribution in [0.5, 0.6) is 0 Å². The smallest absolute Gasteiger partial charge is 0.390 e. The molecule has 6 nitrogen and oxygen atoms in total. The van der Waals surface area contributed by atoms with Gasteiger partial charge in [0.05, 0.1) is 17.9 Å². The summed E-state index contributed by atoms with van der Waals surface area (Å²) in [5.74, 6) is -0.500. The average Bonchev–Trinajstić information content (AvgIpc) is 3.16. The second-order valence-electron chi connectivity index (χ2n) is 6.87. The van der Waals surface area contributed by atoms with Crippen molar-refractivity contribution in [3.8, 4) is 22.4 Å². The van der Waals surface area contributed by atoms with Crippen molar-refractivity contribution in [2.45, 2.75) is 12.8 Å². The number of carbonyl (C=O) groups excluding carboxylic acids is 1. The Kier molecular flexibility index (Phi) is 5.62. The minimum atomic E-state index is -4.49. The molecule has 2 heterocycles. The van der Waals surface area contributed by atoms with Crippen molar-refractivity contribution in [3.63, 3.8) is 0 Å². The van der Waals surface area contributed by atoms with Crippen molar-refractivity contribution in [2.24, 2.45) is 0 Å². The van der Waals surface area contributed by atoms with Crippen LogP contribution in [0.4, 0.5) is 13.2 Å². The number of halogens is 4. The first-order valence-electron chi connectivity index (χ1n) is 9.42. The normalized spacial score (nSPS) is 11.7. The summed E-state index contributed by atoms with van der Waals surface area (Å²) < 4.78 is 40.6. The van der Waals surface area contributed by atoms with E-state index in [-0.39, 0.29) is 16.9 Å². The lowest BCUT2D eigenvalue weighted by molar-refractivity contribution is -0.137. The van der Waals surface area contributed by atoms with E-state index < -0.39 is 24.3 Å². The Labute approximate surface area is 185 Å². The second kappa shape index (κ2) is 8.25. The molecular weight excluding hydrogens is 445 g/mol. The van der Waals surface area contributed by atoms with Gasteiger partial charge in [0.1, 0.15) is 11.3 Å². The lowest BCUT2D eigenvalue weighted by Gasteiger charge is -2.14. The monoisotopic (exact) mass is 460 g/mol. The maximum absolute atomic E-state index is 13.1. The van der Waals surface area contributed by atoms with Gasteiger partial charge in [-0.2, -0.15) is 18.3 Å². The van der Waals surface area contributed by atoms with E-state index in [1.54, 1.807) is 24.3 Å². The lowest BCUT2D eigenvalue weighted by Crippen LogP contribution is -2.19. The molecule has 0 fully saturated rings. The van der Waals surface area contributed by atoms with Crippen molar-refractivity contribution < 1.29 is 23.1 Å². The zero-order chi connectivity index (χ0) is 23.0. The molecule has 4 aromatic rings. The summed E-state index contributed by atoms with van der Waals surface area (Å²) in [5, 5.41) is 17.0. The first-order chi connectivity index (χ1) is 15.3. The maximum Gasteiger partial charge on any atom is 0.416 e. The number of aliphatic hydroxyl groups is 1. The largest absolute Gasteiger partial charge is 0.416 e. The van der Waals surface area contributed by atoms with Crippen LogP contribution in [-0.4, -0.2) is 32.7 Å². The Morgan fingerprint density at radius 2 is 1.81 bits per heavy atom. The van der Waals surface area contributed by atoms with Crippen LogP contribution in [-0.2, 0) is 12.8 Å². The van der Waals surface area contributed by atoms with E-state index in [9.17, 15) is 23.1 Å². The molecule has 0 aliphatic heterocycles. The highest BCUT2D eigenvalue weighted by Crippen LogP contribution is 2.38. The number of amides is 1. The van der Waals surface area contributed by atoms with Gasteiger partial charge in [0, 0.05) is 35.0 Å². The molecule has 0 saturated heterocycles. The summed E-state index contributed by atoms with van der Waals surface area (Å²) in [6.07, 6.45) is -3.00. The molecule has 0 saturated carbocycles. The molecule has 0 bridgehead atoms.